The maximum atomic E-state index is 11.3. The Balaban J connectivity index is 2.15. The number of aryl methyl sites for hydroxylation is 1. The van der Waals surface area contributed by atoms with Gasteiger partial charge in [-0.25, -0.2) is 9.97 Å². The van der Waals surface area contributed by atoms with Gasteiger partial charge >= 0.3 is 5.97 Å². The first-order chi connectivity index (χ1) is 8.63. The first kappa shape index (κ1) is 12.8. The molecule has 2 aromatic rings. The van der Waals surface area contributed by atoms with Crippen LogP contribution < -0.4 is 0 Å². The van der Waals surface area contributed by atoms with Crippen LogP contribution in [0.15, 0.2) is 17.6 Å². The van der Waals surface area contributed by atoms with Crippen LogP contribution in [-0.2, 0) is 16.6 Å². The first-order valence-electron chi connectivity index (χ1n) is 5.46. The zero-order valence-electron chi connectivity index (χ0n) is 10.5. The molecular weight excluding hydrogens is 252 g/mol. The van der Waals surface area contributed by atoms with Crippen LogP contribution in [0, 0.1) is 5.92 Å². The summed E-state index contributed by atoms with van der Waals surface area (Å²) in [5.41, 5.74) is 0.790. The minimum absolute atomic E-state index is 0.165. The lowest BCUT2D eigenvalue weighted by atomic mass is 10.2. The van der Waals surface area contributed by atoms with E-state index < -0.39 is 0 Å². The third-order valence-corrected chi connectivity index (χ3v) is 3.83. The first-order valence-corrected chi connectivity index (χ1v) is 6.45. The fraction of sp³-hybridized carbons (Fsp3) is 0.455. The molecule has 0 N–H and O–H groups in total. The number of nitrogens with zero attached hydrogens (tertiary/aromatic N) is 4. The summed E-state index contributed by atoms with van der Waals surface area (Å²) in [6, 6.07) is 0. The smallest absolute Gasteiger partial charge is 0.309 e. The van der Waals surface area contributed by atoms with Crippen LogP contribution in [0.4, 0.5) is 0 Å². The average Bonchev–Trinajstić information content (AvgIpc) is 2.77. The number of hydrogen-bond acceptors (Lipinski definition) is 6. The van der Waals surface area contributed by atoms with E-state index in [9.17, 15) is 4.79 Å². The number of hydrogen-bond donors (Lipinski definition) is 0. The van der Waals surface area contributed by atoms with Crippen molar-refractivity contribution < 1.29 is 9.53 Å². The zero-order chi connectivity index (χ0) is 13.1. The number of esters is 1. The Morgan fingerprint density at radius 1 is 1.56 bits per heavy atom. The highest BCUT2D eigenvalue weighted by atomic mass is 32.2. The number of thioether (sulfide) groups is 1. The van der Waals surface area contributed by atoms with Crippen molar-refractivity contribution in [1.29, 1.82) is 0 Å². The molecule has 0 amide bonds. The Morgan fingerprint density at radius 2 is 2.33 bits per heavy atom. The van der Waals surface area contributed by atoms with E-state index in [0.717, 1.165) is 16.1 Å². The van der Waals surface area contributed by atoms with Crippen LogP contribution in [0.1, 0.15) is 6.92 Å². The lowest BCUT2D eigenvalue weighted by Crippen LogP contribution is -2.14. The number of aromatic nitrogens is 4. The van der Waals surface area contributed by atoms with Gasteiger partial charge in [0.1, 0.15) is 11.4 Å². The maximum absolute atomic E-state index is 11.3. The minimum Gasteiger partial charge on any atom is -0.469 e. The highest BCUT2D eigenvalue weighted by molar-refractivity contribution is 7.99. The summed E-state index contributed by atoms with van der Waals surface area (Å²) in [4.78, 5) is 19.7. The van der Waals surface area contributed by atoms with Gasteiger partial charge in [0.05, 0.1) is 24.6 Å². The van der Waals surface area contributed by atoms with Crippen LogP contribution in [0.3, 0.4) is 0 Å². The molecule has 0 aliphatic heterocycles. The predicted octanol–water partition coefficient (Wildman–Crippen LogP) is 1.26. The fourth-order valence-corrected chi connectivity index (χ4v) is 2.49. The number of methoxy groups -OCH3 is 1. The Morgan fingerprint density at radius 3 is 3.06 bits per heavy atom. The average molecular weight is 266 g/mol. The van der Waals surface area contributed by atoms with Crippen molar-refractivity contribution in [3.05, 3.63) is 12.5 Å². The normalized spacial score (nSPS) is 12.6. The van der Waals surface area contributed by atoms with Crippen molar-refractivity contribution >= 4 is 28.8 Å². The second kappa shape index (κ2) is 5.34. The molecule has 0 bridgehead atoms. The number of carbonyl (C=O) groups excluding carboxylic acids is 1. The molecule has 0 aliphatic carbocycles. The second-order valence-electron chi connectivity index (χ2n) is 3.92. The van der Waals surface area contributed by atoms with E-state index >= 15 is 0 Å². The highest BCUT2D eigenvalue weighted by Crippen LogP contribution is 2.25. The zero-order valence-corrected chi connectivity index (χ0v) is 11.3. The van der Waals surface area contributed by atoms with Gasteiger partial charge in [-0.2, -0.15) is 5.10 Å². The molecule has 0 spiro atoms. The summed E-state index contributed by atoms with van der Waals surface area (Å²) in [5.74, 6) is 0.244. The molecular formula is C11H14N4O2S. The van der Waals surface area contributed by atoms with E-state index in [4.69, 9.17) is 4.74 Å². The Bertz CT molecular complexity index is 569. The molecule has 0 radical (unpaired) electrons. The molecule has 0 aromatic carbocycles. The molecule has 2 rings (SSSR count). The lowest BCUT2D eigenvalue weighted by Gasteiger charge is -2.08. The van der Waals surface area contributed by atoms with Crippen LogP contribution >= 0.6 is 11.8 Å². The summed E-state index contributed by atoms with van der Waals surface area (Å²) in [7, 11) is 3.23. The van der Waals surface area contributed by atoms with Gasteiger partial charge in [-0.15, -0.1) is 11.8 Å². The van der Waals surface area contributed by atoms with Gasteiger partial charge in [0.25, 0.3) is 0 Å². The number of carbonyl (C=O) groups is 1. The third kappa shape index (κ3) is 2.45. The topological polar surface area (TPSA) is 69.9 Å². The standard InChI is InChI=1S/C11H14N4O2S/c1-7(11(16)17-3)5-18-10-8-4-14-15(2)9(8)12-6-13-10/h4,6-7H,5H2,1-3H3. The number of fused-ring (bicyclic) bond motifs is 1. The van der Waals surface area contributed by atoms with E-state index in [1.54, 1.807) is 10.9 Å². The summed E-state index contributed by atoms with van der Waals surface area (Å²) in [6.07, 6.45) is 3.25. The van der Waals surface area contributed by atoms with Crippen molar-refractivity contribution in [2.45, 2.75) is 11.9 Å². The van der Waals surface area contributed by atoms with Crippen LogP contribution in [0.2, 0.25) is 0 Å². The molecule has 2 aromatic heterocycles. The maximum Gasteiger partial charge on any atom is 0.309 e. The molecule has 0 saturated carbocycles. The Kier molecular flexibility index (Phi) is 3.81. The predicted molar refractivity (Wildman–Crippen MR) is 68.2 cm³/mol. The van der Waals surface area contributed by atoms with Gasteiger partial charge in [-0.1, -0.05) is 6.92 Å². The van der Waals surface area contributed by atoms with Crippen molar-refractivity contribution in [3.8, 4) is 0 Å². The van der Waals surface area contributed by atoms with Gasteiger partial charge in [0.2, 0.25) is 0 Å². The number of ether oxygens (including phenoxy) is 1. The largest absolute Gasteiger partial charge is 0.469 e. The van der Waals surface area contributed by atoms with Crippen LogP contribution in [0.25, 0.3) is 11.0 Å². The van der Waals surface area contributed by atoms with Gasteiger partial charge in [0, 0.05) is 12.8 Å². The van der Waals surface area contributed by atoms with Gasteiger partial charge in [0.15, 0.2) is 5.65 Å². The molecule has 1 atom stereocenters. The molecule has 96 valence electrons. The lowest BCUT2D eigenvalue weighted by molar-refractivity contribution is -0.143. The molecule has 0 fully saturated rings. The van der Waals surface area contributed by atoms with Crippen molar-refractivity contribution in [1.82, 2.24) is 19.7 Å². The van der Waals surface area contributed by atoms with Crippen LogP contribution in [-0.4, -0.2) is 38.6 Å². The highest BCUT2D eigenvalue weighted by Gasteiger charge is 2.15. The molecule has 6 nitrogen and oxygen atoms in total. The monoisotopic (exact) mass is 266 g/mol. The van der Waals surface area contributed by atoms with E-state index in [1.165, 1.54) is 25.2 Å². The van der Waals surface area contributed by atoms with Gasteiger partial charge in [-0.3, -0.25) is 9.48 Å². The summed E-state index contributed by atoms with van der Waals surface area (Å²) in [5, 5.41) is 5.89. The van der Waals surface area contributed by atoms with Crippen molar-refractivity contribution in [3.63, 3.8) is 0 Å². The molecule has 18 heavy (non-hydrogen) atoms. The fourth-order valence-electron chi connectivity index (χ4n) is 1.53. The van der Waals surface area contributed by atoms with Crippen molar-refractivity contribution in [2.24, 2.45) is 13.0 Å². The number of rotatable bonds is 4. The SMILES string of the molecule is COC(=O)C(C)CSc1ncnc2c1cnn2C. The molecule has 2 heterocycles. The van der Waals surface area contributed by atoms with Crippen LogP contribution in [0.5, 0.6) is 0 Å². The van der Waals surface area contributed by atoms with Crippen molar-refractivity contribution in [2.75, 3.05) is 12.9 Å². The minimum atomic E-state index is -0.209. The molecule has 1 unspecified atom stereocenters. The van der Waals surface area contributed by atoms with Gasteiger partial charge < -0.3 is 4.74 Å². The molecule has 0 saturated heterocycles. The summed E-state index contributed by atoms with van der Waals surface area (Å²) in [6.45, 7) is 1.83. The summed E-state index contributed by atoms with van der Waals surface area (Å²) >= 11 is 1.51. The molecule has 0 aliphatic rings. The molecule has 7 heteroatoms. The van der Waals surface area contributed by atoms with E-state index in [-0.39, 0.29) is 11.9 Å². The second-order valence-corrected chi connectivity index (χ2v) is 4.93. The quantitative estimate of drug-likeness (QED) is 0.471. The third-order valence-electron chi connectivity index (χ3n) is 2.57. The van der Waals surface area contributed by atoms with E-state index in [0.29, 0.717) is 5.75 Å². The van der Waals surface area contributed by atoms with E-state index in [2.05, 4.69) is 15.1 Å². The summed E-state index contributed by atoms with van der Waals surface area (Å²) < 4.78 is 6.39. The van der Waals surface area contributed by atoms with E-state index in [1.807, 2.05) is 14.0 Å². The van der Waals surface area contributed by atoms with Gasteiger partial charge in [-0.05, 0) is 0 Å². The Labute approximate surface area is 109 Å². The Hall–Kier alpha value is -1.63.